The predicted molar refractivity (Wildman–Crippen MR) is 118 cm³/mol. The summed E-state index contributed by atoms with van der Waals surface area (Å²) in [5.74, 6) is 0.867. The molecule has 0 radical (unpaired) electrons. The van der Waals surface area contributed by atoms with E-state index in [1.54, 1.807) is 17.7 Å². The first kappa shape index (κ1) is 19.0. The number of hydrogen-bond acceptors (Lipinski definition) is 8. The molecule has 4 heterocycles. The van der Waals surface area contributed by atoms with Gasteiger partial charge in [0.15, 0.2) is 15.9 Å². The van der Waals surface area contributed by atoms with Crippen molar-refractivity contribution in [3.05, 3.63) is 27.3 Å². The van der Waals surface area contributed by atoms with Crippen LogP contribution in [0.3, 0.4) is 0 Å². The Morgan fingerprint density at radius 2 is 2.21 bits per heavy atom. The summed E-state index contributed by atoms with van der Waals surface area (Å²) in [5.41, 5.74) is 3.18. The van der Waals surface area contributed by atoms with Crippen LogP contribution in [-0.4, -0.2) is 36.2 Å². The van der Waals surface area contributed by atoms with E-state index in [1.807, 2.05) is 18.2 Å². The lowest BCUT2D eigenvalue weighted by atomic mass is 9.89. The fraction of sp³-hybridized carbons (Fsp3) is 0.421. The van der Waals surface area contributed by atoms with Crippen molar-refractivity contribution >= 4 is 61.3 Å². The number of fused-ring (bicyclic) bond motifs is 5. The first-order valence-corrected chi connectivity index (χ1v) is 12.1. The van der Waals surface area contributed by atoms with Crippen LogP contribution in [0.5, 0.6) is 0 Å². The van der Waals surface area contributed by atoms with Crippen LogP contribution in [0.15, 0.2) is 11.5 Å². The van der Waals surface area contributed by atoms with Gasteiger partial charge < -0.3 is 5.32 Å². The number of amides is 1. The van der Waals surface area contributed by atoms with Crippen LogP contribution in [0.2, 0.25) is 0 Å². The van der Waals surface area contributed by atoms with Crippen molar-refractivity contribution in [2.75, 3.05) is 11.1 Å². The summed E-state index contributed by atoms with van der Waals surface area (Å²) < 4.78 is 1.91. The molecule has 150 valence electrons. The maximum absolute atomic E-state index is 12.3. The summed E-state index contributed by atoms with van der Waals surface area (Å²) in [4.78, 5) is 24.9. The fourth-order valence-electron chi connectivity index (χ4n) is 3.63. The average molecular weight is 445 g/mol. The van der Waals surface area contributed by atoms with Crippen LogP contribution in [0, 0.1) is 19.8 Å². The lowest BCUT2D eigenvalue weighted by Crippen LogP contribution is -2.14. The Bertz CT molecular complexity index is 1220. The van der Waals surface area contributed by atoms with Crippen molar-refractivity contribution in [3.8, 4) is 0 Å². The lowest BCUT2D eigenvalue weighted by Gasteiger charge is -2.17. The second kappa shape index (κ2) is 7.33. The molecule has 1 aliphatic rings. The van der Waals surface area contributed by atoms with Crippen LogP contribution in [0.1, 0.15) is 34.4 Å². The molecule has 4 aromatic rings. The number of aromatic nitrogens is 5. The number of aryl methyl sites for hydroxylation is 3. The Balaban J connectivity index is 1.38. The molecule has 0 fully saturated rings. The number of hydrogen-bond donors (Lipinski definition) is 1. The number of thiazole rings is 1. The van der Waals surface area contributed by atoms with Gasteiger partial charge in [0.2, 0.25) is 5.91 Å². The normalized spacial score (nSPS) is 16.4. The molecule has 1 unspecified atom stereocenters. The number of thioether (sulfide) groups is 1. The van der Waals surface area contributed by atoms with Gasteiger partial charge in [0.25, 0.3) is 0 Å². The smallest absolute Gasteiger partial charge is 0.236 e. The zero-order valence-corrected chi connectivity index (χ0v) is 18.8. The number of thiophene rings is 1. The molecule has 0 aromatic carbocycles. The molecule has 1 amide bonds. The Morgan fingerprint density at radius 1 is 1.34 bits per heavy atom. The second-order valence-corrected chi connectivity index (χ2v) is 10.7. The van der Waals surface area contributed by atoms with E-state index >= 15 is 0 Å². The molecule has 0 aliphatic heterocycles. The van der Waals surface area contributed by atoms with Gasteiger partial charge in [-0.2, -0.15) is 0 Å². The van der Waals surface area contributed by atoms with Crippen LogP contribution >= 0.6 is 34.4 Å². The highest BCUT2D eigenvalue weighted by atomic mass is 32.2. The number of carbonyl (C=O) groups is 1. The molecule has 10 heteroatoms. The van der Waals surface area contributed by atoms with Gasteiger partial charge in [0.1, 0.15) is 11.2 Å². The van der Waals surface area contributed by atoms with Crippen molar-refractivity contribution in [2.24, 2.45) is 5.92 Å². The van der Waals surface area contributed by atoms with E-state index in [9.17, 15) is 4.79 Å². The Hall–Kier alpha value is -2.04. The van der Waals surface area contributed by atoms with E-state index in [4.69, 9.17) is 0 Å². The summed E-state index contributed by atoms with van der Waals surface area (Å²) in [6.45, 7) is 6.25. The van der Waals surface area contributed by atoms with Crippen molar-refractivity contribution in [2.45, 2.75) is 45.2 Å². The van der Waals surface area contributed by atoms with Gasteiger partial charge in [0, 0.05) is 9.75 Å². The van der Waals surface area contributed by atoms with E-state index in [1.165, 1.54) is 40.0 Å². The van der Waals surface area contributed by atoms with Crippen molar-refractivity contribution in [1.29, 1.82) is 0 Å². The Kier molecular flexibility index (Phi) is 4.79. The summed E-state index contributed by atoms with van der Waals surface area (Å²) in [7, 11) is 0. The quantitative estimate of drug-likeness (QED) is 0.473. The molecule has 1 atom stereocenters. The molecule has 0 saturated carbocycles. The number of rotatable bonds is 4. The van der Waals surface area contributed by atoms with Gasteiger partial charge in [-0.1, -0.05) is 18.7 Å². The molecular formula is C19H20N6OS3. The van der Waals surface area contributed by atoms with Gasteiger partial charge in [-0.05, 0) is 44.6 Å². The predicted octanol–water partition coefficient (Wildman–Crippen LogP) is 4.27. The highest BCUT2D eigenvalue weighted by Crippen LogP contribution is 2.39. The third-order valence-electron chi connectivity index (χ3n) is 5.28. The SMILES string of the molecule is Cc1nc(NC(=O)CSc2nnc3c4c5c(sc4ncn23)CC(C)CC5)sc1C. The molecule has 1 aliphatic carbocycles. The maximum atomic E-state index is 12.3. The average Bonchev–Trinajstić information content (AvgIpc) is 3.34. The van der Waals surface area contributed by atoms with Crippen molar-refractivity contribution in [3.63, 3.8) is 0 Å². The van der Waals surface area contributed by atoms with E-state index < -0.39 is 0 Å². The van der Waals surface area contributed by atoms with Crippen molar-refractivity contribution < 1.29 is 4.79 Å². The van der Waals surface area contributed by atoms with Crippen LogP contribution < -0.4 is 5.32 Å². The molecule has 0 spiro atoms. The van der Waals surface area contributed by atoms with Gasteiger partial charge in [-0.3, -0.25) is 9.20 Å². The highest BCUT2D eigenvalue weighted by Gasteiger charge is 2.24. The summed E-state index contributed by atoms with van der Waals surface area (Å²) in [5, 5.41) is 14.1. The lowest BCUT2D eigenvalue weighted by molar-refractivity contribution is -0.113. The van der Waals surface area contributed by atoms with Gasteiger partial charge in [0.05, 0.1) is 16.8 Å². The van der Waals surface area contributed by atoms with Gasteiger partial charge in [-0.25, -0.2) is 9.97 Å². The molecule has 29 heavy (non-hydrogen) atoms. The Labute approximate surface area is 180 Å². The number of nitrogens with zero attached hydrogens (tertiary/aromatic N) is 5. The minimum absolute atomic E-state index is 0.101. The third kappa shape index (κ3) is 3.43. The topological polar surface area (TPSA) is 85.1 Å². The second-order valence-electron chi connectivity index (χ2n) is 7.45. The first-order chi connectivity index (χ1) is 14.0. The summed E-state index contributed by atoms with van der Waals surface area (Å²) >= 11 is 4.63. The monoisotopic (exact) mass is 444 g/mol. The van der Waals surface area contributed by atoms with Crippen LogP contribution in [0.25, 0.3) is 15.9 Å². The standard InChI is InChI=1S/C19H20N6OS3/c1-9-4-5-12-13(6-9)29-17-15(12)16-23-24-19(25(16)8-20-17)27-7-14(26)22-18-21-10(2)11(3)28-18/h8-9H,4-7H2,1-3H3,(H,21,22,26). The molecular weight excluding hydrogens is 424 g/mol. The highest BCUT2D eigenvalue weighted by molar-refractivity contribution is 7.99. The minimum Gasteiger partial charge on any atom is -0.301 e. The largest absolute Gasteiger partial charge is 0.301 e. The van der Waals surface area contributed by atoms with Gasteiger partial charge >= 0.3 is 0 Å². The summed E-state index contributed by atoms with van der Waals surface area (Å²) in [6.07, 6.45) is 5.17. The first-order valence-electron chi connectivity index (χ1n) is 9.50. The number of carbonyl (C=O) groups excluding carboxylic acids is 1. The van der Waals surface area contributed by atoms with E-state index in [0.717, 1.165) is 45.2 Å². The Morgan fingerprint density at radius 3 is 3.00 bits per heavy atom. The van der Waals surface area contributed by atoms with Gasteiger partial charge in [-0.15, -0.1) is 32.9 Å². The van der Waals surface area contributed by atoms with Crippen molar-refractivity contribution in [1.82, 2.24) is 24.6 Å². The number of anilines is 1. The van der Waals surface area contributed by atoms with Crippen LogP contribution in [0.4, 0.5) is 5.13 Å². The van der Waals surface area contributed by atoms with Crippen LogP contribution in [-0.2, 0) is 17.6 Å². The molecule has 4 aromatic heterocycles. The number of nitrogens with one attached hydrogen (secondary N) is 1. The van der Waals surface area contributed by atoms with E-state index in [2.05, 4.69) is 32.4 Å². The molecule has 1 N–H and O–H groups in total. The summed E-state index contributed by atoms with van der Waals surface area (Å²) in [6, 6.07) is 0. The fourth-order valence-corrected chi connectivity index (χ4v) is 6.51. The zero-order valence-electron chi connectivity index (χ0n) is 16.4. The minimum atomic E-state index is -0.101. The zero-order chi connectivity index (χ0) is 20.1. The maximum Gasteiger partial charge on any atom is 0.236 e. The molecule has 5 rings (SSSR count). The molecule has 7 nitrogen and oxygen atoms in total. The van der Waals surface area contributed by atoms with E-state index in [-0.39, 0.29) is 11.7 Å². The molecule has 0 bridgehead atoms. The van der Waals surface area contributed by atoms with E-state index in [0.29, 0.717) is 10.3 Å². The molecule has 0 saturated heterocycles. The third-order valence-corrected chi connectivity index (χ3v) is 8.37.